The van der Waals surface area contributed by atoms with Gasteiger partial charge in [0.05, 0.1) is 43.5 Å². The zero-order chi connectivity index (χ0) is 36.4. The topological polar surface area (TPSA) is 177 Å². The lowest BCUT2D eigenvalue weighted by molar-refractivity contribution is -0.289. The predicted octanol–water partition coefficient (Wildman–Crippen LogP) is 2.01. The number of fused-ring (bicyclic) bond motifs is 5. The van der Waals surface area contributed by atoms with Crippen LogP contribution in [0.4, 0.5) is 0 Å². The summed E-state index contributed by atoms with van der Waals surface area (Å²) < 4.78 is 31.7. The molecule has 3 heterocycles. The number of amides is 1. The Morgan fingerprint density at radius 1 is 1.15 bits per heavy atom. The van der Waals surface area contributed by atoms with Crippen molar-refractivity contribution in [3.63, 3.8) is 0 Å². The summed E-state index contributed by atoms with van der Waals surface area (Å²) in [6.45, 7) is 13.8. The van der Waals surface area contributed by atoms with E-state index in [9.17, 15) is 30.0 Å². The van der Waals surface area contributed by atoms with Crippen molar-refractivity contribution in [3.05, 3.63) is 11.6 Å². The van der Waals surface area contributed by atoms with Gasteiger partial charge in [0.1, 0.15) is 29.5 Å². The van der Waals surface area contributed by atoms with Crippen LogP contribution in [0.25, 0.3) is 0 Å². The quantitative estimate of drug-likeness (QED) is 0.245. The van der Waals surface area contributed by atoms with Crippen LogP contribution < -0.4 is 0 Å². The van der Waals surface area contributed by atoms with Gasteiger partial charge in [-0.2, -0.15) is 0 Å². The minimum Gasteiger partial charge on any atom is -0.459 e. The molecule has 3 aliphatic rings. The van der Waals surface area contributed by atoms with E-state index in [0.29, 0.717) is 17.7 Å². The molecule has 0 aromatic heterocycles. The Morgan fingerprint density at radius 2 is 1.79 bits per heavy atom. The van der Waals surface area contributed by atoms with Crippen molar-refractivity contribution in [2.45, 2.75) is 141 Å². The Bertz CT molecular complexity index is 1190. The number of likely N-dealkylation sites (N-methyl/N-ethyl adjacent to an activating group) is 1. The number of hydrogen-bond donors (Lipinski definition) is 4. The van der Waals surface area contributed by atoms with Crippen LogP contribution in [0.3, 0.4) is 0 Å². The van der Waals surface area contributed by atoms with Gasteiger partial charge in [0.15, 0.2) is 6.29 Å². The fourth-order valence-corrected chi connectivity index (χ4v) is 7.57. The lowest BCUT2D eigenvalue weighted by atomic mass is 9.75. The van der Waals surface area contributed by atoms with Gasteiger partial charge in [0.2, 0.25) is 5.91 Å². The Hall–Kier alpha value is -1.81. The maximum atomic E-state index is 13.6. The number of cyclic esters (lactones) is 1. The molecule has 48 heavy (non-hydrogen) atoms. The van der Waals surface area contributed by atoms with Crippen molar-refractivity contribution in [1.29, 1.82) is 0 Å². The summed E-state index contributed by atoms with van der Waals surface area (Å²) in [7, 11) is 3.75. The van der Waals surface area contributed by atoms with Crippen molar-refractivity contribution in [2.75, 3.05) is 33.9 Å². The van der Waals surface area contributed by atoms with Gasteiger partial charge in [0.25, 0.3) is 0 Å². The van der Waals surface area contributed by atoms with Crippen LogP contribution in [0.15, 0.2) is 16.6 Å². The van der Waals surface area contributed by atoms with E-state index < -0.39 is 97.0 Å². The molecule has 0 spiro atoms. The molecule has 2 bridgehead atoms. The SMILES string of the molecule is CC[C@H]1OC(=O)C(C)/C=C(\C)[C@@H](O[C@@H]2O[C@H](C)C[C@H](N(C)C)[C@H]2O)[C@@]2(C)C[C@@H](C)C(=NC(C)=O)[C@H](C)[C@H](OCC(O)(CO)CO2)[C@]1(C)O. The van der Waals surface area contributed by atoms with Crippen LogP contribution in [0.5, 0.6) is 0 Å². The number of rotatable bonds is 5. The van der Waals surface area contributed by atoms with Crippen LogP contribution in [0.2, 0.25) is 0 Å². The van der Waals surface area contributed by atoms with Gasteiger partial charge in [-0.1, -0.05) is 26.8 Å². The molecule has 2 unspecified atom stereocenters. The Morgan fingerprint density at radius 3 is 2.35 bits per heavy atom. The van der Waals surface area contributed by atoms with Crippen LogP contribution in [0, 0.1) is 17.8 Å². The Labute approximate surface area is 285 Å². The molecule has 13 heteroatoms. The standard InChI is InChI=1S/C35H60N2O11/c1-12-26-34(9,42)30-23(6)27(36-24(7)39)21(4)15-33(8,45-18-35(43,16-38)17-44-30)29(19(2)13-20(3)31(41)47-26)48-32-28(40)25(37(10)11)14-22(5)46-32/h13,20-23,25-26,28-30,32,38,40,42-43H,12,14-18H2,1-11H3/b19-13+,36-27?/t20?,21-,22-,23+,25+,26-,28-,29-,30+,32+,33-,34-,35?/m1/s1. The van der Waals surface area contributed by atoms with Crippen molar-refractivity contribution >= 4 is 17.6 Å². The summed E-state index contributed by atoms with van der Waals surface area (Å²) in [6.07, 6.45) is -2.80. The molecule has 2 saturated heterocycles. The van der Waals surface area contributed by atoms with E-state index in [0.717, 1.165) is 0 Å². The van der Waals surface area contributed by atoms with E-state index in [1.165, 1.54) is 13.8 Å². The molecule has 0 aromatic carbocycles. The first-order valence-corrected chi connectivity index (χ1v) is 17.1. The normalized spacial score (nSPS) is 45.8. The van der Waals surface area contributed by atoms with E-state index in [1.807, 2.05) is 32.8 Å². The summed E-state index contributed by atoms with van der Waals surface area (Å²) in [5.74, 6) is -3.01. The highest BCUT2D eigenvalue weighted by Crippen LogP contribution is 2.40. The van der Waals surface area contributed by atoms with E-state index in [2.05, 4.69) is 4.99 Å². The van der Waals surface area contributed by atoms with Gasteiger partial charge in [-0.05, 0) is 79.5 Å². The third-order valence-electron chi connectivity index (χ3n) is 10.2. The van der Waals surface area contributed by atoms with Crippen LogP contribution in [-0.2, 0) is 33.3 Å². The summed E-state index contributed by atoms with van der Waals surface area (Å²) >= 11 is 0. The first-order chi connectivity index (χ1) is 22.2. The second-order valence-electron chi connectivity index (χ2n) is 15.0. The minimum atomic E-state index is -1.92. The summed E-state index contributed by atoms with van der Waals surface area (Å²) in [6, 6.07) is -0.266. The lowest BCUT2D eigenvalue weighted by Crippen LogP contribution is -2.58. The molecular formula is C35H60N2O11. The van der Waals surface area contributed by atoms with Gasteiger partial charge in [-0.25, -0.2) is 4.99 Å². The van der Waals surface area contributed by atoms with Crippen molar-refractivity contribution < 1.29 is 53.7 Å². The van der Waals surface area contributed by atoms with Crippen molar-refractivity contribution in [2.24, 2.45) is 22.7 Å². The molecule has 13 nitrogen and oxygen atoms in total. The number of aliphatic hydroxyl groups excluding tert-OH is 2. The van der Waals surface area contributed by atoms with E-state index in [-0.39, 0.29) is 25.0 Å². The average Bonchev–Trinajstić information content (AvgIpc) is 3.01. The zero-order valence-corrected chi connectivity index (χ0v) is 30.6. The van der Waals surface area contributed by atoms with Crippen LogP contribution in [-0.4, -0.2) is 136 Å². The molecule has 0 saturated carbocycles. The molecule has 276 valence electrons. The number of carbonyl (C=O) groups excluding carboxylic acids is 2. The second-order valence-corrected chi connectivity index (χ2v) is 15.0. The fourth-order valence-electron chi connectivity index (χ4n) is 7.57. The number of nitrogens with zero attached hydrogens (tertiary/aromatic N) is 2. The van der Waals surface area contributed by atoms with Gasteiger partial charge in [-0.3, -0.25) is 9.59 Å². The largest absolute Gasteiger partial charge is 0.459 e. The zero-order valence-electron chi connectivity index (χ0n) is 30.6. The molecule has 0 aromatic rings. The molecule has 2 fully saturated rings. The number of carbonyl (C=O) groups is 2. The Kier molecular flexibility index (Phi) is 13.6. The molecule has 0 radical (unpaired) electrons. The minimum absolute atomic E-state index is 0.182. The summed E-state index contributed by atoms with van der Waals surface area (Å²) in [5.41, 5.74) is -4.06. The highest BCUT2D eigenvalue weighted by molar-refractivity contribution is 5.97. The van der Waals surface area contributed by atoms with Gasteiger partial charge < -0.3 is 49.0 Å². The third kappa shape index (κ3) is 9.10. The highest BCUT2D eigenvalue weighted by Gasteiger charge is 2.52. The monoisotopic (exact) mass is 684 g/mol. The van der Waals surface area contributed by atoms with Crippen molar-refractivity contribution in [1.82, 2.24) is 4.90 Å². The number of aliphatic imine (C=N–C) groups is 1. The maximum Gasteiger partial charge on any atom is 0.312 e. The molecule has 1 amide bonds. The van der Waals surface area contributed by atoms with Crippen molar-refractivity contribution in [3.8, 4) is 0 Å². The van der Waals surface area contributed by atoms with Gasteiger partial charge in [0, 0.05) is 24.6 Å². The third-order valence-corrected chi connectivity index (χ3v) is 10.2. The fraction of sp³-hybridized carbons (Fsp3) is 0.857. The number of hydrogen-bond acceptors (Lipinski definition) is 12. The molecule has 3 aliphatic heterocycles. The van der Waals surface area contributed by atoms with Crippen LogP contribution >= 0.6 is 0 Å². The first-order valence-electron chi connectivity index (χ1n) is 17.1. The Balaban J connectivity index is 2.34. The molecule has 3 rings (SSSR count). The van der Waals surface area contributed by atoms with Gasteiger partial charge in [-0.15, -0.1) is 0 Å². The summed E-state index contributed by atoms with van der Waals surface area (Å²) in [4.78, 5) is 32.5. The summed E-state index contributed by atoms with van der Waals surface area (Å²) in [5, 5.41) is 45.6. The number of aliphatic hydroxyl groups is 4. The lowest BCUT2D eigenvalue weighted by Gasteiger charge is -2.46. The average molecular weight is 685 g/mol. The maximum absolute atomic E-state index is 13.6. The number of esters is 1. The van der Waals surface area contributed by atoms with Crippen LogP contribution in [0.1, 0.15) is 81.6 Å². The van der Waals surface area contributed by atoms with Gasteiger partial charge >= 0.3 is 5.97 Å². The molecule has 0 aliphatic carbocycles. The smallest absolute Gasteiger partial charge is 0.312 e. The second kappa shape index (κ2) is 16.0. The molecular weight excluding hydrogens is 624 g/mol. The predicted molar refractivity (Wildman–Crippen MR) is 178 cm³/mol. The first kappa shape index (κ1) is 40.6. The molecule has 4 N–H and O–H groups in total. The van der Waals surface area contributed by atoms with E-state index in [1.54, 1.807) is 40.7 Å². The van der Waals surface area contributed by atoms with E-state index >= 15 is 0 Å². The highest BCUT2D eigenvalue weighted by atomic mass is 16.7. The van der Waals surface area contributed by atoms with E-state index in [4.69, 9.17) is 23.7 Å². The molecule has 13 atom stereocenters. The number of ether oxygens (including phenoxy) is 5.